The van der Waals surface area contributed by atoms with Crippen LogP contribution in [0, 0.1) is 0 Å². The van der Waals surface area contributed by atoms with Gasteiger partial charge in [-0.25, -0.2) is 0 Å². The van der Waals surface area contributed by atoms with E-state index >= 15 is 0 Å². The van der Waals surface area contributed by atoms with Gasteiger partial charge in [0.2, 0.25) is 0 Å². The summed E-state index contributed by atoms with van der Waals surface area (Å²) in [5, 5.41) is 12.1. The molecule has 2 heterocycles. The van der Waals surface area contributed by atoms with Crippen LogP contribution in [0.3, 0.4) is 0 Å². The van der Waals surface area contributed by atoms with E-state index in [0.717, 1.165) is 6.42 Å². The second-order valence-electron chi connectivity index (χ2n) is 6.82. The zero-order chi connectivity index (χ0) is 16.2. The lowest BCUT2D eigenvalue weighted by Gasteiger charge is -2.32. The van der Waals surface area contributed by atoms with Gasteiger partial charge < -0.3 is 19.2 Å². The SMILES string of the molecule is CC1(C)OB(CCC(O)COCCc2cccs2)OC1(C)C. The molecule has 6 heteroatoms. The van der Waals surface area contributed by atoms with Crippen LogP contribution in [0.15, 0.2) is 17.5 Å². The van der Waals surface area contributed by atoms with Crippen LogP contribution in [0.5, 0.6) is 0 Å². The fourth-order valence-electron chi connectivity index (χ4n) is 2.34. The maximum atomic E-state index is 9.99. The third-order valence-electron chi connectivity index (χ3n) is 4.42. The van der Waals surface area contributed by atoms with Gasteiger partial charge in [0, 0.05) is 11.3 Å². The molecule has 0 radical (unpaired) electrons. The highest BCUT2D eigenvalue weighted by Gasteiger charge is 2.50. The molecule has 124 valence electrons. The van der Waals surface area contributed by atoms with Gasteiger partial charge in [-0.1, -0.05) is 6.07 Å². The van der Waals surface area contributed by atoms with Crippen molar-refractivity contribution in [3.05, 3.63) is 22.4 Å². The van der Waals surface area contributed by atoms with E-state index in [1.54, 1.807) is 11.3 Å². The molecule has 1 aliphatic heterocycles. The van der Waals surface area contributed by atoms with E-state index in [0.29, 0.717) is 26.0 Å². The molecule has 1 fully saturated rings. The van der Waals surface area contributed by atoms with Gasteiger partial charge in [-0.2, -0.15) is 0 Å². The van der Waals surface area contributed by atoms with Crippen molar-refractivity contribution in [2.75, 3.05) is 13.2 Å². The molecule has 0 spiro atoms. The van der Waals surface area contributed by atoms with Crippen molar-refractivity contribution in [2.45, 2.75) is 64.2 Å². The number of thiophene rings is 1. The standard InChI is InChI=1S/C16H27BO4S/c1-15(2)16(3,4)21-17(20-15)9-7-13(18)12-19-10-8-14-6-5-11-22-14/h5-6,11,13,18H,7-10,12H2,1-4H3. The Kier molecular flexibility index (Phi) is 6.08. The van der Waals surface area contributed by atoms with Crippen molar-refractivity contribution in [2.24, 2.45) is 0 Å². The van der Waals surface area contributed by atoms with Crippen LogP contribution in [0.25, 0.3) is 0 Å². The van der Waals surface area contributed by atoms with Crippen LogP contribution in [-0.2, 0) is 20.5 Å². The smallest absolute Gasteiger partial charge is 0.403 e. The Morgan fingerprint density at radius 1 is 1.27 bits per heavy atom. The van der Waals surface area contributed by atoms with Crippen LogP contribution >= 0.6 is 11.3 Å². The highest BCUT2D eigenvalue weighted by atomic mass is 32.1. The van der Waals surface area contributed by atoms with Crippen LogP contribution < -0.4 is 0 Å². The van der Waals surface area contributed by atoms with E-state index in [1.807, 2.05) is 33.8 Å². The summed E-state index contributed by atoms with van der Waals surface area (Å²) in [5.41, 5.74) is -0.611. The predicted molar refractivity (Wildman–Crippen MR) is 90.4 cm³/mol. The first-order chi connectivity index (χ1) is 10.3. The van der Waals surface area contributed by atoms with E-state index in [4.69, 9.17) is 14.0 Å². The average Bonchev–Trinajstić information content (AvgIpc) is 2.99. The summed E-state index contributed by atoms with van der Waals surface area (Å²) in [7, 11) is -0.245. The lowest BCUT2D eigenvalue weighted by atomic mass is 9.82. The lowest BCUT2D eigenvalue weighted by Crippen LogP contribution is -2.41. The van der Waals surface area contributed by atoms with Gasteiger partial charge in [0.15, 0.2) is 0 Å². The fraction of sp³-hybridized carbons (Fsp3) is 0.750. The Morgan fingerprint density at radius 3 is 2.55 bits per heavy atom. The van der Waals surface area contributed by atoms with Crippen molar-refractivity contribution in [3.8, 4) is 0 Å². The second-order valence-corrected chi connectivity index (χ2v) is 7.85. The summed E-state index contributed by atoms with van der Waals surface area (Å²) in [6.07, 6.45) is 1.74. The van der Waals surface area contributed by atoms with Crippen molar-refractivity contribution >= 4 is 18.5 Å². The first-order valence-corrected chi connectivity index (χ1v) is 8.82. The van der Waals surface area contributed by atoms with Crippen molar-refractivity contribution in [3.63, 3.8) is 0 Å². The summed E-state index contributed by atoms with van der Waals surface area (Å²) in [6.45, 7) is 9.17. The van der Waals surface area contributed by atoms with Crippen LogP contribution in [0.2, 0.25) is 6.32 Å². The van der Waals surface area contributed by atoms with Gasteiger partial charge in [-0.05, 0) is 51.9 Å². The molecule has 0 aliphatic carbocycles. The zero-order valence-electron chi connectivity index (χ0n) is 14.0. The summed E-state index contributed by atoms with van der Waals surface area (Å²) < 4.78 is 17.4. The monoisotopic (exact) mass is 326 g/mol. The molecule has 1 unspecified atom stereocenters. The molecule has 22 heavy (non-hydrogen) atoms. The zero-order valence-corrected chi connectivity index (χ0v) is 14.8. The summed E-state index contributed by atoms with van der Waals surface area (Å²) in [5.74, 6) is 0. The molecule has 0 aromatic carbocycles. The van der Waals surface area contributed by atoms with Gasteiger partial charge in [-0.15, -0.1) is 11.3 Å². The molecule has 4 nitrogen and oxygen atoms in total. The number of aliphatic hydroxyl groups excluding tert-OH is 1. The van der Waals surface area contributed by atoms with E-state index in [2.05, 4.69) is 11.4 Å². The molecule has 0 bridgehead atoms. The number of hydrogen-bond acceptors (Lipinski definition) is 5. The summed E-state index contributed by atoms with van der Waals surface area (Å²) >= 11 is 1.73. The third-order valence-corrected chi connectivity index (χ3v) is 5.36. The normalized spacial score (nSPS) is 21.2. The van der Waals surface area contributed by atoms with Crippen molar-refractivity contribution < 1.29 is 19.2 Å². The Balaban J connectivity index is 1.59. The van der Waals surface area contributed by atoms with Gasteiger partial charge in [0.1, 0.15) is 0 Å². The van der Waals surface area contributed by atoms with Gasteiger partial charge in [-0.3, -0.25) is 0 Å². The van der Waals surface area contributed by atoms with Crippen LogP contribution in [0.1, 0.15) is 39.0 Å². The number of hydrogen-bond donors (Lipinski definition) is 1. The number of rotatable bonds is 8. The molecule has 1 aromatic rings. The first-order valence-electron chi connectivity index (χ1n) is 7.94. The molecule has 0 saturated carbocycles. The average molecular weight is 326 g/mol. The predicted octanol–water partition coefficient (Wildman–Crippen LogP) is 3.15. The first kappa shape index (κ1) is 18.0. The molecular formula is C16H27BO4S. The Morgan fingerprint density at radius 2 is 1.95 bits per heavy atom. The maximum Gasteiger partial charge on any atom is 0.457 e. The molecule has 1 saturated heterocycles. The van der Waals surface area contributed by atoms with Gasteiger partial charge in [0.25, 0.3) is 0 Å². The van der Waals surface area contributed by atoms with E-state index < -0.39 is 6.10 Å². The van der Waals surface area contributed by atoms with Gasteiger partial charge in [0.05, 0.1) is 30.5 Å². The highest BCUT2D eigenvalue weighted by Crippen LogP contribution is 2.38. The molecule has 2 rings (SSSR count). The highest BCUT2D eigenvalue weighted by molar-refractivity contribution is 7.09. The third kappa shape index (κ3) is 4.80. The minimum atomic E-state index is -0.470. The van der Waals surface area contributed by atoms with E-state index in [1.165, 1.54) is 4.88 Å². The van der Waals surface area contributed by atoms with Gasteiger partial charge >= 0.3 is 7.12 Å². The lowest BCUT2D eigenvalue weighted by molar-refractivity contribution is 0.00578. The number of ether oxygens (including phenoxy) is 1. The molecule has 1 aromatic heterocycles. The fourth-order valence-corrected chi connectivity index (χ4v) is 3.03. The van der Waals surface area contributed by atoms with Crippen LogP contribution in [-0.4, -0.2) is 42.7 Å². The molecular weight excluding hydrogens is 299 g/mol. The summed E-state index contributed by atoms with van der Waals surface area (Å²) in [4.78, 5) is 1.31. The van der Waals surface area contributed by atoms with E-state index in [-0.39, 0.29) is 18.3 Å². The molecule has 1 aliphatic rings. The topological polar surface area (TPSA) is 47.9 Å². The van der Waals surface area contributed by atoms with Crippen LogP contribution in [0.4, 0.5) is 0 Å². The van der Waals surface area contributed by atoms with Crippen molar-refractivity contribution in [1.29, 1.82) is 0 Å². The Hall–Kier alpha value is -0.395. The molecule has 0 amide bonds. The molecule has 1 N–H and O–H groups in total. The van der Waals surface area contributed by atoms with Crippen molar-refractivity contribution in [1.82, 2.24) is 0 Å². The quantitative estimate of drug-likeness (QED) is 0.589. The number of aliphatic hydroxyl groups is 1. The maximum absolute atomic E-state index is 9.99. The molecule has 1 atom stereocenters. The van der Waals surface area contributed by atoms with E-state index in [9.17, 15) is 5.11 Å². The minimum Gasteiger partial charge on any atom is -0.403 e. The Bertz CT molecular complexity index is 431. The Labute approximate surface area is 137 Å². The largest absolute Gasteiger partial charge is 0.457 e. The second kappa shape index (κ2) is 7.45. The minimum absolute atomic E-state index is 0.245. The summed E-state index contributed by atoms with van der Waals surface area (Å²) in [6, 6.07) is 4.14.